The van der Waals surface area contributed by atoms with Gasteiger partial charge in [0.15, 0.2) is 0 Å². The molecule has 0 amide bonds. The molecule has 0 aliphatic heterocycles. The summed E-state index contributed by atoms with van der Waals surface area (Å²) in [6, 6.07) is 3.33. The number of aliphatic hydroxyl groups excluding tert-OH is 1. The lowest BCUT2D eigenvalue weighted by Gasteiger charge is -2.38. The second-order valence-corrected chi connectivity index (χ2v) is 8.42. The number of aliphatic hydroxyl groups is 1. The first-order valence-electron chi connectivity index (χ1n) is 7.53. The predicted octanol–water partition coefficient (Wildman–Crippen LogP) is 6.13. The van der Waals surface area contributed by atoms with E-state index in [4.69, 9.17) is 11.6 Å². The Labute approximate surface area is 140 Å². The molecule has 0 saturated heterocycles. The standard InChI is InChI=1S/C17H23BrClFO/c1-17(2,3)11-6-4-10(5-7-11)16(21)12-8-9-13(18)14(19)15(12)20/h8-11,16,21H,4-7H2,1-3H3. The summed E-state index contributed by atoms with van der Waals surface area (Å²) in [5, 5.41) is 10.6. The smallest absolute Gasteiger partial charge is 0.148 e. The molecule has 1 N–H and O–H groups in total. The lowest BCUT2D eigenvalue weighted by molar-refractivity contribution is 0.0506. The van der Waals surface area contributed by atoms with Crippen molar-refractivity contribution in [1.29, 1.82) is 0 Å². The Kier molecular flexibility index (Phi) is 5.38. The van der Waals surface area contributed by atoms with Crippen LogP contribution in [0.2, 0.25) is 5.02 Å². The van der Waals surface area contributed by atoms with E-state index in [0.29, 0.717) is 21.4 Å². The van der Waals surface area contributed by atoms with Gasteiger partial charge in [-0.25, -0.2) is 4.39 Å². The Hall–Kier alpha value is -0.120. The molecular formula is C17H23BrClFO. The molecule has 0 radical (unpaired) electrons. The zero-order valence-electron chi connectivity index (χ0n) is 12.8. The molecule has 1 saturated carbocycles. The molecule has 2 rings (SSSR count). The van der Waals surface area contributed by atoms with Crippen LogP contribution < -0.4 is 0 Å². The number of benzene rings is 1. The summed E-state index contributed by atoms with van der Waals surface area (Å²) in [6.45, 7) is 6.80. The maximum absolute atomic E-state index is 14.2. The van der Waals surface area contributed by atoms with Crippen molar-refractivity contribution in [1.82, 2.24) is 0 Å². The normalized spacial score (nSPS) is 24.9. The van der Waals surface area contributed by atoms with E-state index in [1.165, 1.54) is 0 Å². The van der Waals surface area contributed by atoms with Crippen molar-refractivity contribution >= 4 is 27.5 Å². The number of hydrogen-bond donors (Lipinski definition) is 1. The van der Waals surface area contributed by atoms with Gasteiger partial charge in [-0.3, -0.25) is 0 Å². The van der Waals surface area contributed by atoms with Crippen LogP contribution in [0.5, 0.6) is 0 Å². The zero-order chi connectivity index (χ0) is 15.8. The lowest BCUT2D eigenvalue weighted by atomic mass is 9.68. The van der Waals surface area contributed by atoms with Crippen LogP contribution in [0.15, 0.2) is 16.6 Å². The monoisotopic (exact) mass is 376 g/mol. The summed E-state index contributed by atoms with van der Waals surface area (Å²) in [6.07, 6.45) is 3.30. The first-order valence-corrected chi connectivity index (χ1v) is 8.70. The molecule has 4 heteroatoms. The van der Waals surface area contributed by atoms with Gasteiger partial charge in [0.1, 0.15) is 5.82 Å². The molecule has 1 unspecified atom stereocenters. The van der Waals surface area contributed by atoms with Crippen molar-refractivity contribution in [3.63, 3.8) is 0 Å². The highest BCUT2D eigenvalue weighted by atomic mass is 79.9. The highest BCUT2D eigenvalue weighted by Gasteiger charge is 2.33. The summed E-state index contributed by atoms with van der Waals surface area (Å²) >= 11 is 9.12. The first-order chi connectivity index (χ1) is 9.71. The van der Waals surface area contributed by atoms with Crippen LogP contribution in [0.3, 0.4) is 0 Å². The fourth-order valence-electron chi connectivity index (χ4n) is 3.32. The fraction of sp³-hybridized carbons (Fsp3) is 0.647. The van der Waals surface area contributed by atoms with Gasteiger partial charge in [-0.05, 0) is 64.9 Å². The molecule has 118 valence electrons. The molecule has 1 aliphatic carbocycles. The van der Waals surface area contributed by atoms with E-state index in [9.17, 15) is 9.50 Å². The van der Waals surface area contributed by atoms with Gasteiger partial charge in [-0.15, -0.1) is 0 Å². The van der Waals surface area contributed by atoms with Crippen molar-refractivity contribution in [2.24, 2.45) is 17.3 Å². The van der Waals surface area contributed by atoms with E-state index in [0.717, 1.165) is 25.7 Å². The van der Waals surface area contributed by atoms with Gasteiger partial charge in [0.05, 0.1) is 11.1 Å². The summed E-state index contributed by atoms with van der Waals surface area (Å²) in [7, 11) is 0. The second kappa shape index (κ2) is 6.55. The van der Waals surface area contributed by atoms with Gasteiger partial charge >= 0.3 is 0 Å². The average Bonchev–Trinajstić information content (AvgIpc) is 2.43. The van der Waals surface area contributed by atoms with E-state index >= 15 is 0 Å². The van der Waals surface area contributed by atoms with E-state index in [2.05, 4.69) is 36.7 Å². The number of hydrogen-bond acceptors (Lipinski definition) is 1. The Morgan fingerprint density at radius 1 is 1.24 bits per heavy atom. The van der Waals surface area contributed by atoms with Crippen molar-refractivity contribution in [2.75, 3.05) is 0 Å². The molecule has 1 aromatic rings. The van der Waals surface area contributed by atoms with E-state index in [1.54, 1.807) is 12.1 Å². The molecule has 0 bridgehead atoms. The average molecular weight is 378 g/mol. The van der Waals surface area contributed by atoms with Crippen LogP contribution in [0.25, 0.3) is 0 Å². The minimum atomic E-state index is -0.767. The number of halogens is 3. The van der Waals surface area contributed by atoms with Crippen LogP contribution in [0.1, 0.15) is 58.1 Å². The third-order valence-corrected chi connectivity index (χ3v) is 6.09. The molecule has 0 aromatic heterocycles. The van der Waals surface area contributed by atoms with Crippen molar-refractivity contribution in [3.05, 3.63) is 33.0 Å². The Bertz CT molecular complexity index is 504. The van der Waals surface area contributed by atoms with Crippen molar-refractivity contribution in [2.45, 2.75) is 52.6 Å². The van der Waals surface area contributed by atoms with Gasteiger partial charge in [0.25, 0.3) is 0 Å². The topological polar surface area (TPSA) is 20.2 Å². The molecule has 1 nitrogen and oxygen atoms in total. The highest BCUT2D eigenvalue weighted by molar-refractivity contribution is 9.10. The molecule has 0 spiro atoms. The van der Waals surface area contributed by atoms with Crippen LogP contribution >= 0.6 is 27.5 Å². The van der Waals surface area contributed by atoms with Gasteiger partial charge in [0.2, 0.25) is 0 Å². The Morgan fingerprint density at radius 3 is 2.33 bits per heavy atom. The molecular weight excluding hydrogens is 355 g/mol. The zero-order valence-corrected chi connectivity index (χ0v) is 15.1. The van der Waals surface area contributed by atoms with Crippen LogP contribution in [-0.2, 0) is 0 Å². The summed E-state index contributed by atoms with van der Waals surface area (Å²) in [5.41, 5.74) is 0.629. The van der Waals surface area contributed by atoms with E-state index < -0.39 is 11.9 Å². The van der Waals surface area contributed by atoms with Gasteiger partial charge in [-0.1, -0.05) is 38.4 Å². The molecule has 1 aromatic carbocycles. The van der Waals surface area contributed by atoms with Crippen LogP contribution in [0, 0.1) is 23.1 Å². The number of rotatable bonds is 2. The third kappa shape index (κ3) is 3.80. The summed E-state index contributed by atoms with van der Waals surface area (Å²) < 4.78 is 14.7. The third-order valence-electron chi connectivity index (χ3n) is 4.83. The van der Waals surface area contributed by atoms with Crippen LogP contribution in [-0.4, -0.2) is 5.11 Å². The maximum atomic E-state index is 14.2. The van der Waals surface area contributed by atoms with E-state index in [-0.39, 0.29) is 10.9 Å². The largest absolute Gasteiger partial charge is 0.388 e. The maximum Gasteiger partial charge on any atom is 0.148 e. The minimum absolute atomic E-state index is 0.0509. The Morgan fingerprint density at radius 2 is 1.81 bits per heavy atom. The van der Waals surface area contributed by atoms with Gasteiger partial charge < -0.3 is 5.11 Å². The molecule has 21 heavy (non-hydrogen) atoms. The SMILES string of the molecule is CC(C)(C)C1CCC(C(O)c2ccc(Br)c(Cl)c2F)CC1. The fourth-order valence-corrected chi connectivity index (χ4v) is 3.80. The first kappa shape index (κ1) is 17.2. The molecule has 1 fully saturated rings. The summed E-state index contributed by atoms with van der Waals surface area (Å²) in [4.78, 5) is 0. The predicted molar refractivity (Wildman–Crippen MR) is 89.0 cm³/mol. The van der Waals surface area contributed by atoms with Crippen LogP contribution in [0.4, 0.5) is 4.39 Å². The van der Waals surface area contributed by atoms with E-state index in [1.807, 2.05) is 0 Å². The lowest BCUT2D eigenvalue weighted by Crippen LogP contribution is -2.28. The molecule has 1 atom stereocenters. The Balaban J connectivity index is 2.09. The summed E-state index contributed by atoms with van der Waals surface area (Å²) in [5.74, 6) is 0.297. The minimum Gasteiger partial charge on any atom is -0.388 e. The van der Waals surface area contributed by atoms with Gasteiger partial charge in [0, 0.05) is 10.0 Å². The quantitative estimate of drug-likeness (QED) is 0.615. The second-order valence-electron chi connectivity index (χ2n) is 7.19. The van der Waals surface area contributed by atoms with Gasteiger partial charge in [-0.2, -0.15) is 0 Å². The van der Waals surface area contributed by atoms with Crippen molar-refractivity contribution in [3.8, 4) is 0 Å². The molecule has 1 aliphatic rings. The highest BCUT2D eigenvalue weighted by Crippen LogP contribution is 2.44. The van der Waals surface area contributed by atoms with Crippen molar-refractivity contribution < 1.29 is 9.50 Å². The molecule has 0 heterocycles.